The van der Waals surface area contributed by atoms with Crippen molar-refractivity contribution in [3.8, 4) is 0 Å². The lowest BCUT2D eigenvalue weighted by Crippen LogP contribution is -1.91. The van der Waals surface area contributed by atoms with Gasteiger partial charge in [-0.2, -0.15) is 0 Å². The molecule has 0 rings (SSSR count). The lowest BCUT2D eigenvalue weighted by Gasteiger charge is -1.96. The molecule has 0 spiro atoms. The number of rotatable bonds is 4. The van der Waals surface area contributed by atoms with Crippen LogP contribution in [-0.4, -0.2) is 12.3 Å². The second-order valence-corrected chi connectivity index (χ2v) is 2.86. The fourth-order valence-corrected chi connectivity index (χ4v) is 0.784. The molecule has 0 aromatic carbocycles. The molecule has 0 aliphatic heterocycles. The molecular weight excluding hydrogens is 134 g/mol. The van der Waals surface area contributed by atoms with E-state index < -0.39 is 0 Å². The Morgan fingerprint density at radius 3 is 2.36 bits per heavy atom. The van der Waals surface area contributed by atoms with Crippen LogP contribution in [0.4, 0.5) is 0 Å². The van der Waals surface area contributed by atoms with Gasteiger partial charge in [-0.05, 0) is 26.7 Å². The van der Waals surface area contributed by atoms with Crippen molar-refractivity contribution in [2.24, 2.45) is 4.99 Å². The molecule has 0 aromatic heterocycles. The average Bonchev–Trinajstić information content (AvgIpc) is 2.01. The molecule has 0 aliphatic carbocycles. The summed E-state index contributed by atoms with van der Waals surface area (Å²) >= 11 is 0. The third-order valence-corrected chi connectivity index (χ3v) is 1.66. The first-order valence-corrected chi connectivity index (χ1v) is 4.36. The SMILES string of the molecule is CC/C=C(\C)CN=C(C)CC. The lowest BCUT2D eigenvalue weighted by atomic mass is 10.2. The van der Waals surface area contributed by atoms with Crippen molar-refractivity contribution in [2.75, 3.05) is 6.54 Å². The average molecular weight is 153 g/mol. The zero-order valence-corrected chi connectivity index (χ0v) is 8.15. The van der Waals surface area contributed by atoms with E-state index in [9.17, 15) is 0 Å². The fourth-order valence-electron chi connectivity index (χ4n) is 0.784. The van der Waals surface area contributed by atoms with E-state index in [0.717, 1.165) is 19.4 Å². The predicted molar refractivity (Wildman–Crippen MR) is 52.3 cm³/mol. The first-order chi connectivity index (χ1) is 5.20. The van der Waals surface area contributed by atoms with Crippen LogP contribution in [-0.2, 0) is 0 Å². The summed E-state index contributed by atoms with van der Waals surface area (Å²) < 4.78 is 0. The third kappa shape index (κ3) is 5.84. The Morgan fingerprint density at radius 1 is 1.27 bits per heavy atom. The van der Waals surface area contributed by atoms with E-state index >= 15 is 0 Å². The van der Waals surface area contributed by atoms with Gasteiger partial charge in [-0.25, -0.2) is 0 Å². The highest BCUT2D eigenvalue weighted by molar-refractivity contribution is 5.81. The van der Waals surface area contributed by atoms with Crippen LogP contribution in [0.2, 0.25) is 0 Å². The molecule has 0 atom stereocenters. The highest BCUT2D eigenvalue weighted by Crippen LogP contribution is 1.96. The number of nitrogens with zero attached hydrogens (tertiary/aromatic N) is 1. The summed E-state index contributed by atoms with van der Waals surface area (Å²) in [5, 5.41) is 0. The van der Waals surface area contributed by atoms with Crippen molar-refractivity contribution in [1.29, 1.82) is 0 Å². The van der Waals surface area contributed by atoms with Gasteiger partial charge in [-0.3, -0.25) is 4.99 Å². The van der Waals surface area contributed by atoms with Crippen LogP contribution in [0.25, 0.3) is 0 Å². The van der Waals surface area contributed by atoms with Gasteiger partial charge in [-0.1, -0.05) is 25.5 Å². The van der Waals surface area contributed by atoms with Crippen molar-refractivity contribution in [3.05, 3.63) is 11.6 Å². The van der Waals surface area contributed by atoms with Gasteiger partial charge in [0.2, 0.25) is 0 Å². The van der Waals surface area contributed by atoms with Crippen LogP contribution in [0.3, 0.4) is 0 Å². The molecule has 0 aromatic rings. The maximum atomic E-state index is 4.41. The Balaban J connectivity index is 3.77. The van der Waals surface area contributed by atoms with Gasteiger partial charge in [-0.15, -0.1) is 0 Å². The first-order valence-electron chi connectivity index (χ1n) is 4.36. The highest BCUT2D eigenvalue weighted by atomic mass is 14.7. The lowest BCUT2D eigenvalue weighted by molar-refractivity contribution is 1.07. The van der Waals surface area contributed by atoms with Crippen molar-refractivity contribution in [1.82, 2.24) is 0 Å². The van der Waals surface area contributed by atoms with E-state index in [1.807, 2.05) is 0 Å². The highest BCUT2D eigenvalue weighted by Gasteiger charge is 1.87. The Labute approximate surface area is 70.2 Å². The number of allylic oxidation sites excluding steroid dienone is 1. The molecule has 0 unspecified atom stereocenters. The smallest absolute Gasteiger partial charge is 0.0596 e. The Hall–Kier alpha value is -0.590. The zero-order valence-electron chi connectivity index (χ0n) is 8.15. The van der Waals surface area contributed by atoms with Gasteiger partial charge in [0.1, 0.15) is 0 Å². The minimum Gasteiger partial charge on any atom is -0.290 e. The maximum Gasteiger partial charge on any atom is 0.0596 e. The Morgan fingerprint density at radius 2 is 1.91 bits per heavy atom. The number of hydrogen-bond donors (Lipinski definition) is 0. The molecule has 0 amide bonds. The molecule has 1 heteroatoms. The molecule has 0 bridgehead atoms. The van der Waals surface area contributed by atoms with Crippen molar-refractivity contribution in [2.45, 2.75) is 40.5 Å². The minimum absolute atomic E-state index is 0.882. The third-order valence-electron chi connectivity index (χ3n) is 1.66. The van der Waals surface area contributed by atoms with Crippen LogP contribution >= 0.6 is 0 Å². The van der Waals surface area contributed by atoms with E-state index in [4.69, 9.17) is 0 Å². The van der Waals surface area contributed by atoms with E-state index in [2.05, 4.69) is 38.8 Å². The summed E-state index contributed by atoms with van der Waals surface area (Å²) in [5.41, 5.74) is 2.62. The molecular formula is C10H19N. The molecule has 1 nitrogen and oxygen atoms in total. The zero-order chi connectivity index (χ0) is 8.69. The summed E-state index contributed by atoms with van der Waals surface area (Å²) in [4.78, 5) is 4.41. The summed E-state index contributed by atoms with van der Waals surface area (Å²) in [6.45, 7) is 9.39. The second-order valence-electron chi connectivity index (χ2n) is 2.86. The van der Waals surface area contributed by atoms with Crippen LogP contribution in [0.5, 0.6) is 0 Å². The standard InChI is InChI=1S/C10H19N/c1-5-7-9(3)8-11-10(4)6-2/h7H,5-6,8H2,1-4H3/b9-7+,11-10?. The Bertz CT molecular complexity index is 154. The van der Waals surface area contributed by atoms with E-state index in [0.29, 0.717) is 0 Å². The normalized spacial score (nSPS) is 13.8. The topological polar surface area (TPSA) is 12.4 Å². The van der Waals surface area contributed by atoms with Crippen LogP contribution < -0.4 is 0 Å². The predicted octanol–water partition coefficient (Wildman–Crippen LogP) is 3.21. The molecule has 11 heavy (non-hydrogen) atoms. The van der Waals surface area contributed by atoms with Crippen LogP contribution in [0.15, 0.2) is 16.6 Å². The van der Waals surface area contributed by atoms with Crippen molar-refractivity contribution >= 4 is 5.71 Å². The first kappa shape index (κ1) is 10.4. The minimum atomic E-state index is 0.882. The van der Waals surface area contributed by atoms with Gasteiger partial charge in [0.25, 0.3) is 0 Å². The van der Waals surface area contributed by atoms with Crippen LogP contribution in [0.1, 0.15) is 40.5 Å². The number of aliphatic imine (C=N–C) groups is 1. The van der Waals surface area contributed by atoms with Gasteiger partial charge in [0, 0.05) is 5.71 Å². The second kappa shape index (κ2) is 6.14. The molecule has 0 fully saturated rings. The van der Waals surface area contributed by atoms with Gasteiger partial charge >= 0.3 is 0 Å². The maximum absolute atomic E-state index is 4.41. The van der Waals surface area contributed by atoms with Crippen molar-refractivity contribution < 1.29 is 0 Å². The van der Waals surface area contributed by atoms with E-state index in [1.54, 1.807) is 0 Å². The van der Waals surface area contributed by atoms with Gasteiger partial charge < -0.3 is 0 Å². The molecule has 0 N–H and O–H groups in total. The summed E-state index contributed by atoms with van der Waals surface area (Å²) in [6, 6.07) is 0. The quantitative estimate of drug-likeness (QED) is 0.434. The number of hydrogen-bond acceptors (Lipinski definition) is 1. The van der Waals surface area contributed by atoms with Gasteiger partial charge in [0.05, 0.1) is 6.54 Å². The molecule has 0 radical (unpaired) electrons. The molecule has 0 aliphatic rings. The van der Waals surface area contributed by atoms with Crippen LogP contribution in [0, 0.1) is 0 Å². The summed E-state index contributed by atoms with van der Waals surface area (Å²) in [5.74, 6) is 0. The Kier molecular flexibility index (Phi) is 5.81. The molecule has 64 valence electrons. The summed E-state index contributed by atoms with van der Waals surface area (Å²) in [6.07, 6.45) is 4.42. The van der Waals surface area contributed by atoms with E-state index in [1.165, 1.54) is 11.3 Å². The largest absolute Gasteiger partial charge is 0.290 e. The fraction of sp³-hybridized carbons (Fsp3) is 0.700. The molecule has 0 saturated carbocycles. The van der Waals surface area contributed by atoms with Crippen molar-refractivity contribution in [3.63, 3.8) is 0 Å². The molecule has 0 saturated heterocycles. The summed E-state index contributed by atoms with van der Waals surface area (Å²) in [7, 11) is 0. The van der Waals surface area contributed by atoms with Gasteiger partial charge in [0.15, 0.2) is 0 Å². The molecule has 0 heterocycles. The van der Waals surface area contributed by atoms with E-state index in [-0.39, 0.29) is 0 Å². The monoisotopic (exact) mass is 153 g/mol.